The summed E-state index contributed by atoms with van der Waals surface area (Å²) >= 11 is 0. The molecular formula is C16H27N3O2. The Labute approximate surface area is 127 Å². The van der Waals surface area contributed by atoms with E-state index in [0.29, 0.717) is 5.69 Å². The maximum absolute atomic E-state index is 11.1. The van der Waals surface area contributed by atoms with Gasteiger partial charge in [0.15, 0.2) is 0 Å². The standard InChI is InChI=1S/C16H27N3O2/c1-4-7-11-18(6-3)13-14-8-9-16(19(20)21)15(12-14)17-10-5-2/h8-9,12,17H,4-7,10-11,13H2,1-3H3. The van der Waals surface area contributed by atoms with Crippen LogP contribution in [-0.4, -0.2) is 29.5 Å². The van der Waals surface area contributed by atoms with Crippen molar-refractivity contribution in [3.05, 3.63) is 33.9 Å². The lowest BCUT2D eigenvalue weighted by Gasteiger charge is -2.20. The van der Waals surface area contributed by atoms with Gasteiger partial charge in [0.05, 0.1) is 4.92 Å². The van der Waals surface area contributed by atoms with Crippen molar-refractivity contribution in [1.29, 1.82) is 0 Å². The van der Waals surface area contributed by atoms with Crippen LogP contribution in [0.2, 0.25) is 0 Å². The minimum Gasteiger partial charge on any atom is -0.379 e. The molecular weight excluding hydrogens is 266 g/mol. The molecule has 0 atom stereocenters. The molecule has 0 saturated carbocycles. The molecule has 0 aliphatic heterocycles. The van der Waals surface area contributed by atoms with E-state index in [4.69, 9.17) is 0 Å². The molecule has 0 saturated heterocycles. The number of hydrogen-bond donors (Lipinski definition) is 1. The molecule has 0 radical (unpaired) electrons. The van der Waals surface area contributed by atoms with Crippen molar-refractivity contribution in [2.45, 2.75) is 46.6 Å². The molecule has 0 aliphatic rings. The molecule has 0 aliphatic carbocycles. The highest BCUT2D eigenvalue weighted by molar-refractivity contribution is 5.62. The van der Waals surface area contributed by atoms with Crippen LogP contribution < -0.4 is 5.32 Å². The van der Waals surface area contributed by atoms with E-state index in [2.05, 4.69) is 24.1 Å². The Kier molecular flexibility index (Phi) is 7.75. The molecule has 0 heterocycles. The molecule has 1 aromatic rings. The fourth-order valence-corrected chi connectivity index (χ4v) is 2.23. The molecule has 1 rings (SSSR count). The van der Waals surface area contributed by atoms with Gasteiger partial charge in [-0.2, -0.15) is 0 Å². The van der Waals surface area contributed by atoms with E-state index in [1.54, 1.807) is 6.07 Å². The largest absolute Gasteiger partial charge is 0.379 e. The minimum atomic E-state index is -0.323. The number of anilines is 1. The van der Waals surface area contributed by atoms with Crippen molar-refractivity contribution < 1.29 is 4.92 Å². The molecule has 0 aromatic heterocycles. The zero-order chi connectivity index (χ0) is 15.7. The Morgan fingerprint density at radius 1 is 1.24 bits per heavy atom. The molecule has 0 amide bonds. The lowest BCUT2D eigenvalue weighted by Crippen LogP contribution is -2.24. The zero-order valence-electron chi connectivity index (χ0n) is 13.4. The summed E-state index contributed by atoms with van der Waals surface area (Å²) in [5.74, 6) is 0. The van der Waals surface area contributed by atoms with Gasteiger partial charge in [-0.25, -0.2) is 0 Å². The summed E-state index contributed by atoms with van der Waals surface area (Å²) in [6.07, 6.45) is 3.31. The molecule has 0 fully saturated rings. The molecule has 5 nitrogen and oxygen atoms in total. The Hall–Kier alpha value is -1.62. The summed E-state index contributed by atoms with van der Waals surface area (Å²) in [6.45, 7) is 10.0. The van der Waals surface area contributed by atoms with E-state index in [9.17, 15) is 10.1 Å². The first kappa shape index (κ1) is 17.4. The summed E-state index contributed by atoms with van der Waals surface area (Å²) in [5.41, 5.74) is 1.91. The lowest BCUT2D eigenvalue weighted by molar-refractivity contribution is -0.384. The van der Waals surface area contributed by atoms with Gasteiger partial charge in [0.25, 0.3) is 5.69 Å². The molecule has 118 valence electrons. The first-order valence-corrected chi connectivity index (χ1v) is 7.85. The van der Waals surface area contributed by atoms with E-state index in [1.165, 1.54) is 12.8 Å². The van der Waals surface area contributed by atoms with Crippen molar-refractivity contribution in [3.63, 3.8) is 0 Å². The molecule has 1 N–H and O–H groups in total. The summed E-state index contributed by atoms with van der Waals surface area (Å²) in [4.78, 5) is 13.1. The third-order valence-electron chi connectivity index (χ3n) is 3.50. The maximum atomic E-state index is 11.1. The van der Waals surface area contributed by atoms with Gasteiger partial charge >= 0.3 is 0 Å². The fraction of sp³-hybridized carbons (Fsp3) is 0.625. The van der Waals surface area contributed by atoms with Gasteiger partial charge in [-0.3, -0.25) is 15.0 Å². The molecule has 0 bridgehead atoms. The highest BCUT2D eigenvalue weighted by Crippen LogP contribution is 2.26. The van der Waals surface area contributed by atoms with Gasteiger partial charge in [-0.05, 0) is 37.6 Å². The Morgan fingerprint density at radius 2 is 2.00 bits per heavy atom. The number of nitro groups is 1. The van der Waals surface area contributed by atoms with Crippen LogP contribution in [0.3, 0.4) is 0 Å². The van der Waals surface area contributed by atoms with Crippen molar-refractivity contribution in [2.75, 3.05) is 25.0 Å². The Balaban J connectivity index is 2.85. The second kappa shape index (κ2) is 9.34. The number of unbranched alkanes of at least 4 members (excludes halogenated alkanes) is 1. The predicted molar refractivity (Wildman–Crippen MR) is 87.7 cm³/mol. The summed E-state index contributed by atoms with van der Waals surface area (Å²) in [6, 6.07) is 5.40. The lowest BCUT2D eigenvalue weighted by atomic mass is 10.1. The van der Waals surface area contributed by atoms with Crippen LogP contribution in [0.4, 0.5) is 11.4 Å². The van der Waals surface area contributed by atoms with Crippen molar-refractivity contribution >= 4 is 11.4 Å². The highest BCUT2D eigenvalue weighted by atomic mass is 16.6. The third-order valence-corrected chi connectivity index (χ3v) is 3.50. The van der Waals surface area contributed by atoms with Crippen molar-refractivity contribution in [1.82, 2.24) is 4.90 Å². The van der Waals surface area contributed by atoms with E-state index >= 15 is 0 Å². The summed E-state index contributed by atoms with van der Waals surface area (Å²) < 4.78 is 0. The number of benzene rings is 1. The topological polar surface area (TPSA) is 58.4 Å². The second-order valence-corrected chi connectivity index (χ2v) is 5.26. The van der Waals surface area contributed by atoms with Crippen molar-refractivity contribution in [3.8, 4) is 0 Å². The Morgan fingerprint density at radius 3 is 2.57 bits per heavy atom. The zero-order valence-corrected chi connectivity index (χ0v) is 13.4. The normalized spacial score (nSPS) is 10.9. The van der Waals surface area contributed by atoms with Gasteiger partial charge in [-0.15, -0.1) is 0 Å². The van der Waals surface area contributed by atoms with Gasteiger partial charge in [0.1, 0.15) is 5.69 Å². The van der Waals surface area contributed by atoms with Crippen LogP contribution in [0.1, 0.15) is 45.6 Å². The molecule has 21 heavy (non-hydrogen) atoms. The van der Waals surface area contributed by atoms with Crippen LogP contribution in [0.15, 0.2) is 18.2 Å². The quantitative estimate of drug-likeness (QED) is 0.522. The van der Waals surface area contributed by atoms with Crippen LogP contribution >= 0.6 is 0 Å². The molecule has 5 heteroatoms. The molecule has 0 spiro atoms. The van der Waals surface area contributed by atoms with Crippen LogP contribution in [-0.2, 0) is 6.54 Å². The third kappa shape index (κ3) is 5.71. The monoisotopic (exact) mass is 293 g/mol. The predicted octanol–water partition coefficient (Wildman–Crippen LogP) is 4.04. The van der Waals surface area contributed by atoms with Crippen molar-refractivity contribution in [2.24, 2.45) is 0 Å². The summed E-state index contributed by atoms with van der Waals surface area (Å²) in [5, 5.41) is 14.2. The van der Waals surface area contributed by atoms with Gasteiger partial charge in [-0.1, -0.05) is 33.3 Å². The highest BCUT2D eigenvalue weighted by Gasteiger charge is 2.14. The average molecular weight is 293 g/mol. The van der Waals surface area contributed by atoms with Gasteiger partial charge in [0, 0.05) is 19.2 Å². The number of rotatable bonds is 10. The smallest absolute Gasteiger partial charge is 0.292 e. The first-order valence-electron chi connectivity index (χ1n) is 7.85. The number of nitrogens with zero attached hydrogens (tertiary/aromatic N) is 2. The van der Waals surface area contributed by atoms with E-state index in [1.807, 2.05) is 19.1 Å². The second-order valence-electron chi connectivity index (χ2n) is 5.26. The van der Waals surface area contributed by atoms with E-state index in [0.717, 1.165) is 38.2 Å². The minimum absolute atomic E-state index is 0.156. The van der Waals surface area contributed by atoms with E-state index < -0.39 is 0 Å². The number of hydrogen-bond acceptors (Lipinski definition) is 4. The maximum Gasteiger partial charge on any atom is 0.292 e. The number of nitrogens with one attached hydrogen (secondary N) is 1. The van der Waals surface area contributed by atoms with E-state index in [-0.39, 0.29) is 10.6 Å². The summed E-state index contributed by atoms with van der Waals surface area (Å²) in [7, 11) is 0. The number of nitro benzene ring substituents is 1. The molecule has 1 aromatic carbocycles. The average Bonchev–Trinajstić information content (AvgIpc) is 2.49. The van der Waals surface area contributed by atoms with Gasteiger partial charge < -0.3 is 5.32 Å². The van der Waals surface area contributed by atoms with Crippen LogP contribution in [0.5, 0.6) is 0 Å². The van der Waals surface area contributed by atoms with Crippen LogP contribution in [0.25, 0.3) is 0 Å². The molecule has 0 unspecified atom stereocenters. The first-order chi connectivity index (χ1) is 10.1. The van der Waals surface area contributed by atoms with Gasteiger partial charge in [0.2, 0.25) is 0 Å². The Bertz CT molecular complexity index is 449. The SMILES string of the molecule is CCCCN(CC)Cc1ccc([N+](=O)[O-])c(NCCC)c1. The fourth-order valence-electron chi connectivity index (χ4n) is 2.23. The van der Waals surface area contributed by atoms with Crippen LogP contribution in [0, 0.1) is 10.1 Å².